The normalized spacial score (nSPS) is 13.8. The van der Waals surface area contributed by atoms with Gasteiger partial charge in [-0.1, -0.05) is 11.6 Å². The minimum atomic E-state index is -4.42. The monoisotopic (exact) mass is 281 g/mol. The van der Waals surface area contributed by atoms with Crippen molar-refractivity contribution in [2.75, 3.05) is 26.0 Å². The highest BCUT2D eigenvalue weighted by atomic mass is 35.5. The van der Waals surface area contributed by atoms with Crippen LogP contribution in [0.25, 0.3) is 0 Å². The second kappa shape index (κ2) is 5.75. The number of hydrogen-bond donors (Lipinski definition) is 1. The van der Waals surface area contributed by atoms with Gasteiger partial charge in [-0.3, -0.25) is 0 Å². The number of pyridine rings is 1. The van der Waals surface area contributed by atoms with Gasteiger partial charge in [0.05, 0.1) is 5.56 Å². The Hall–Kier alpha value is -1.01. The van der Waals surface area contributed by atoms with Gasteiger partial charge in [0.25, 0.3) is 0 Å². The first-order chi connectivity index (χ1) is 8.20. The molecule has 0 saturated heterocycles. The predicted molar refractivity (Wildman–Crippen MR) is 65.9 cm³/mol. The molecule has 0 spiro atoms. The van der Waals surface area contributed by atoms with E-state index in [-0.39, 0.29) is 17.0 Å². The highest BCUT2D eigenvalue weighted by Crippen LogP contribution is 2.31. The van der Waals surface area contributed by atoms with Crippen molar-refractivity contribution < 1.29 is 13.2 Å². The van der Waals surface area contributed by atoms with Crippen LogP contribution in [0.1, 0.15) is 12.5 Å². The second-order valence-electron chi connectivity index (χ2n) is 4.26. The van der Waals surface area contributed by atoms with Gasteiger partial charge in [0.2, 0.25) is 0 Å². The molecule has 1 aromatic rings. The van der Waals surface area contributed by atoms with E-state index >= 15 is 0 Å². The Morgan fingerprint density at radius 2 is 2.00 bits per heavy atom. The summed E-state index contributed by atoms with van der Waals surface area (Å²) in [6.07, 6.45) is -4.42. The van der Waals surface area contributed by atoms with Gasteiger partial charge in [-0.25, -0.2) is 4.98 Å². The summed E-state index contributed by atoms with van der Waals surface area (Å²) in [4.78, 5) is 5.76. The molecule has 102 valence electrons. The Balaban J connectivity index is 2.81. The van der Waals surface area contributed by atoms with E-state index in [2.05, 4.69) is 10.3 Å². The van der Waals surface area contributed by atoms with Crippen LogP contribution in [0.5, 0.6) is 0 Å². The van der Waals surface area contributed by atoms with Crippen LogP contribution in [0.4, 0.5) is 19.0 Å². The third-order valence-electron chi connectivity index (χ3n) is 2.58. The molecule has 0 aliphatic rings. The molecule has 0 aliphatic heterocycles. The van der Waals surface area contributed by atoms with Crippen LogP contribution in [-0.4, -0.2) is 36.6 Å². The fraction of sp³-hybridized carbons (Fsp3) is 0.545. The summed E-state index contributed by atoms with van der Waals surface area (Å²) in [5, 5.41) is 2.67. The molecule has 0 saturated carbocycles. The van der Waals surface area contributed by atoms with E-state index < -0.39 is 11.7 Å². The first kappa shape index (κ1) is 15.0. The smallest absolute Gasteiger partial charge is 0.368 e. The van der Waals surface area contributed by atoms with Gasteiger partial charge in [0.15, 0.2) is 0 Å². The zero-order chi connectivity index (χ0) is 13.9. The highest BCUT2D eigenvalue weighted by Gasteiger charge is 2.31. The highest BCUT2D eigenvalue weighted by molar-refractivity contribution is 6.29. The summed E-state index contributed by atoms with van der Waals surface area (Å²) >= 11 is 5.57. The maximum atomic E-state index is 12.6. The average molecular weight is 282 g/mol. The van der Waals surface area contributed by atoms with Crippen LogP contribution in [-0.2, 0) is 6.18 Å². The lowest BCUT2D eigenvalue weighted by molar-refractivity contribution is -0.137. The molecule has 18 heavy (non-hydrogen) atoms. The molecular formula is C11H15ClF3N3. The van der Waals surface area contributed by atoms with E-state index in [1.165, 1.54) is 0 Å². The van der Waals surface area contributed by atoms with Crippen LogP contribution in [0, 0.1) is 0 Å². The molecule has 0 aliphatic carbocycles. The van der Waals surface area contributed by atoms with Gasteiger partial charge >= 0.3 is 6.18 Å². The molecule has 1 N–H and O–H groups in total. The van der Waals surface area contributed by atoms with Gasteiger partial charge < -0.3 is 10.2 Å². The molecule has 1 aromatic heterocycles. The van der Waals surface area contributed by atoms with Crippen molar-refractivity contribution in [1.29, 1.82) is 0 Å². The number of nitrogens with one attached hydrogen (secondary N) is 1. The summed E-state index contributed by atoms with van der Waals surface area (Å²) in [5.74, 6) is 0.128. The first-order valence-electron chi connectivity index (χ1n) is 5.35. The van der Waals surface area contributed by atoms with Crippen molar-refractivity contribution in [3.63, 3.8) is 0 Å². The summed E-state index contributed by atoms with van der Waals surface area (Å²) in [6.45, 7) is 2.43. The molecule has 3 nitrogen and oxygen atoms in total. The van der Waals surface area contributed by atoms with Crippen LogP contribution >= 0.6 is 11.6 Å². The SMILES string of the molecule is CC(CNc1cc(C(F)(F)F)cc(Cl)n1)N(C)C. The van der Waals surface area contributed by atoms with E-state index in [0.717, 1.165) is 12.1 Å². The van der Waals surface area contributed by atoms with Crippen molar-refractivity contribution in [2.24, 2.45) is 0 Å². The quantitative estimate of drug-likeness (QED) is 0.860. The Morgan fingerprint density at radius 1 is 1.39 bits per heavy atom. The number of likely N-dealkylation sites (N-methyl/N-ethyl adjacent to an activating group) is 1. The van der Waals surface area contributed by atoms with E-state index in [4.69, 9.17) is 11.6 Å². The van der Waals surface area contributed by atoms with E-state index in [1.54, 1.807) is 0 Å². The lowest BCUT2D eigenvalue weighted by Crippen LogP contribution is -2.31. The zero-order valence-corrected chi connectivity index (χ0v) is 11.1. The van der Waals surface area contributed by atoms with Crippen LogP contribution in [0.2, 0.25) is 5.15 Å². The third-order valence-corrected chi connectivity index (χ3v) is 2.78. The summed E-state index contributed by atoms with van der Waals surface area (Å²) in [5.41, 5.74) is -0.803. The molecular weight excluding hydrogens is 267 g/mol. The van der Waals surface area contributed by atoms with Crippen molar-refractivity contribution in [2.45, 2.75) is 19.1 Å². The molecule has 7 heteroatoms. The number of hydrogen-bond acceptors (Lipinski definition) is 3. The largest absolute Gasteiger partial charge is 0.416 e. The van der Waals surface area contributed by atoms with E-state index in [0.29, 0.717) is 6.54 Å². The summed E-state index contributed by atoms with van der Waals surface area (Å²) in [6, 6.07) is 1.93. The Bertz CT molecular complexity index is 407. The topological polar surface area (TPSA) is 28.2 Å². The van der Waals surface area contributed by atoms with Gasteiger partial charge in [0.1, 0.15) is 11.0 Å². The summed E-state index contributed by atoms with van der Waals surface area (Å²) in [7, 11) is 3.78. The average Bonchev–Trinajstić information content (AvgIpc) is 2.23. The fourth-order valence-electron chi connectivity index (χ4n) is 1.19. The standard InChI is InChI=1S/C11H15ClF3N3/c1-7(18(2)3)6-16-10-5-8(11(13,14)15)4-9(12)17-10/h4-5,7H,6H2,1-3H3,(H,16,17). The molecule has 0 radical (unpaired) electrons. The van der Waals surface area contributed by atoms with E-state index in [1.807, 2.05) is 25.9 Å². The molecule has 0 bridgehead atoms. The third kappa shape index (κ3) is 4.34. The molecule has 0 amide bonds. The maximum absolute atomic E-state index is 12.6. The number of alkyl halides is 3. The summed E-state index contributed by atoms with van der Waals surface area (Å²) < 4.78 is 37.7. The number of halogens is 4. The zero-order valence-electron chi connectivity index (χ0n) is 10.3. The maximum Gasteiger partial charge on any atom is 0.416 e. The van der Waals surface area contributed by atoms with Gasteiger partial charge in [-0.05, 0) is 33.2 Å². The fourth-order valence-corrected chi connectivity index (χ4v) is 1.39. The van der Waals surface area contributed by atoms with Crippen LogP contribution in [0.3, 0.4) is 0 Å². The van der Waals surface area contributed by atoms with Crippen molar-refractivity contribution in [3.8, 4) is 0 Å². The van der Waals surface area contributed by atoms with Crippen LogP contribution in [0.15, 0.2) is 12.1 Å². The minimum Gasteiger partial charge on any atom is -0.368 e. The van der Waals surface area contributed by atoms with Gasteiger partial charge in [0, 0.05) is 12.6 Å². The Kier molecular flexibility index (Phi) is 4.81. The lowest BCUT2D eigenvalue weighted by Gasteiger charge is -2.20. The van der Waals surface area contributed by atoms with Gasteiger partial charge in [-0.15, -0.1) is 0 Å². The molecule has 0 aromatic carbocycles. The predicted octanol–water partition coefficient (Wildman–Crippen LogP) is 3.12. The Morgan fingerprint density at radius 3 is 2.50 bits per heavy atom. The van der Waals surface area contributed by atoms with Gasteiger partial charge in [-0.2, -0.15) is 13.2 Å². The second-order valence-corrected chi connectivity index (χ2v) is 4.64. The number of nitrogens with zero attached hydrogens (tertiary/aromatic N) is 2. The number of aromatic nitrogens is 1. The van der Waals surface area contributed by atoms with Crippen molar-refractivity contribution in [3.05, 3.63) is 22.8 Å². The molecule has 1 unspecified atom stereocenters. The molecule has 1 heterocycles. The first-order valence-corrected chi connectivity index (χ1v) is 5.73. The minimum absolute atomic E-state index is 0.128. The Labute approximate surface area is 109 Å². The number of anilines is 1. The number of rotatable bonds is 4. The van der Waals surface area contributed by atoms with Crippen LogP contribution < -0.4 is 5.32 Å². The molecule has 1 rings (SSSR count). The van der Waals surface area contributed by atoms with Crippen molar-refractivity contribution >= 4 is 17.4 Å². The lowest BCUT2D eigenvalue weighted by atomic mass is 10.2. The van der Waals surface area contributed by atoms with Crippen molar-refractivity contribution in [1.82, 2.24) is 9.88 Å². The molecule has 0 fully saturated rings. The molecule has 1 atom stereocenters. The van der Waals surface area contributed by atoms with E-state index in [9.17, 15) is 13.2 Å².